The van der Waals surface area contributed by atoms with Crippen molar-refractivity contribution >= 4 is 22.1 Å². The molecule has 1 heterocycles. The van der Waals surface area contributed by atoms with E-state index in [1.165, 1.54) is 44.4 Å². The predicted octanol–water partition coefficient (Wildman–Crippen LogP) is 6.26. The summed E-state index contributed by atoms with van der Waals surface area (Å²) in [5.74, 6) is 0. The average Bonchev–Trinajstić information content (AvgIpc) is 2.76. The van der Waals surface area contributed by atoms with Crippen LogP contribution in [0.2, 0.25) is 0 Å². The monoisotopic (exact) mass is 307 g/mol. The maximum Gasteiger partial charge on any atom is 0.0494 e. The first-order chi connectivity index (χ1) is 11.8. The van der Waals surface area contributed by atoms with Crippen LogP contribution in [0.1, 0.15) is 0 Å². The number of para-hydroxylation sites is 1. The lowest BCUT2D eigenvalue weighted by molar-refractivity contribution is 1.22. The zero-order valence-electron chi connectivity index (χ0n) is 13.5. The van der Waals surface area contributed by atoms with Crippen molar-refractivity contribution in [3.05, 3.63) is 84.9 Å². The molecule has 0 saturated carbocycles. The van der Waals surface area contributed by atoms with Crippen LogP contribution < -0.4 is 4.90 Å². The Kier molecular flexibility index (Phi) is 2.77. The summed E-state index contributed by atoms with van der Waals surface area (Å²) in [5.41, 5.74) is 7.72. The summed E-state index contributed by atoms with van der Waals surface area (Å²) in [6.45, 7) is 0. The van der Waals surface area contributed by atoms with Crippen LogP contribution in [0.5, 0.6) is 0 Å². The van der Waals surface area contributed by atoms with Gasteiger partial charge in [0.1, 0.15) is 0 Å². The topological polar surface area (TPSA) is 3.24 Å². The lowest BCUT2D eigenvalue weighted by Gasteiger charge is -2.22. The minimum absolute atomic E-state index is 1.25. The second-order valence-corrected chi connectivity index (χ2v) is 6.30. The molecule has 1 aliphatic heterocycles. The van der Waals surface area contributed by atoms with E-state index in [1.807, 2.05) is 0 Å². The molecule has 0 aromatic heterocycles. The molecule has 4 aromatic carbocycles. The Bertz CT molecular complexity index is 1080. The van der Waals surface area contributed by atoms with Crippen LogP contribution in [0.25, 0.3) is 33.0 Å². The Morgan fingerprint density at radius 2 is 1.21 bits per heavy atom. The van der Waals surface area contributed by atoms with Gasteiger partial charge in [-0.15, -0.1) is 0 Å². The third-order valence-corrected chi connectivity index (χ3v) is 5.02. The molecule has 5 rings (SSSR count). The van der Waals surface area contributed by atoms with Crippen LogP contribution in [0.4, 0.5) is 11.4 Å². The summed E-state index contributed by atoms with van der Waals surface area (Å²) in [7, 11) is 2.16. The molecule has 0 saturated heterocycles. The Labute approximate surface area is 141 Å². The molecule has 0 fully saturated rings. The fourth-order valence-corrected chi connectivity index (χ4v) is 3.88. The first kappa shape index (κ1) is 13.4. The molecule has 0 amide bonds. The van der Waals surface area contributed by atoms with Crippen molar-refractivity contribution in [2.24, 2.45) is 0 Å². The molecule has 1 aliphatic rings. The van der Waals surface area contributed by atoms with E-state index in [4.69, 9.17) is 0 Å². The Morgan fingerprint density at radius 1 is 0.542 bits per heavy atom. The molecule has 114 valence electrons. The average molecular weight is 307 g/mol. The Hall–Kier alpha value is -3.06. The molecule has 24 heavy (non-hydrogen) atoms. The first-order valence-corrected chi connectivity index (χ1v) is 8.29. The van der Waals surface area contributed by atoms with E-state index in [0.717, 1.165) is 0 Å². The maximum absolute atomic E-state index is 2.32. The third kappa shape index (κ3) is 1.75. The highest BCUT2D eigenvalue weighted by Crippen LogP contribution is 2.49. The highest BCUT2D eigenvalue weighted by molar-refractivity contribution is 6.09. The molecule has 0 bridgehead atoms. The van der Waals surface area contributed by atoms with Crippen LogP contribution >= 0.6 is 0 Å². The molecule has 0 aliphatic carbocycles. The standard InChI is InChI=1S/C23H17N/c1-24-21-13-7-6-11-19(21)18-10-4-5-12-20(18)23-17-9-3-2-8-16(17)14-15-22(23)24/h2-15H,1H3. The van der Waals surface area contributed by atoms with Crippen LogP contribution in [0, 0.1) is 0 Å². The number of fused-ring (bicyclic) bond motifs is 7. The van der Waals surface area contributed by atoms with Gasteiger partial charge in [-0.25, -0.2) is 0 Å². The summed E-state index contributed by atoms with van der Waals surface area (Å²) in [6.07, 6.45) is 0. The van der Waals surface area contributed by atoms with Gasteiger partial charge in [0.15, 0.2) is 0 Å². The van der Waals surface area contributed by atoms with E-state index in [9.17, 15) is 0 Å². The van der Waals surface area contributed by atoms with Gasteiger partial charge in [-0.05, 0) is 34.0 Å². The molecule has 0 radical (unpaired) electrons. The summed E-state index contributed by atoms with van der Waals surface area (Å²) < 4.78 is 0. The van der Waals surface area contributed by atoms with Crippen molar-refractivity contribution in [1.82, 2.24) is 0 Å². The van der Waals surface area contributed by atoms with Gasteiger partial charge in [-0.2, -0.15) is 0 Å². The van der Waals surface area contributed by atoms with Crippen LogP contribution in [0.15, 0.2) is 84.9 Å². The molecule has 0 atom stereocenters. The van der Waals surface area contributed by atoms with Gasteiger partial charge < -0.3 is 4.90 Å². The number of anilines is 2. The molecule has 1 nitrogen and oxygen atoms in total. The summed E-state index contributed by atoms with van der Waals surface area (Å²) >= 11 is 0. The third-order valence-electron chi connectivity index (χ3n) is 5.02. The van der Waals surface area contributed by atoms with E-state index in [1.54, 1.807) is 0 Å². The second kappa shape index (κ2) is 4.97. The van der Waals surface area contributed by atoms with Crippen molar-refractivity contribution in [3.8, 4) is 22.3 Å². The quantitative estimate of drug-likeness (QED) is 0.371. The number of benzene rings is 4. The molecule has 0 N–H and O–H groups in total. The SMILES string of the molecule is CN1c2ccccc2-c2ccccc2-c2c1ccc1ccccc21. The zero-order chi connectivity index (χ0) is 16.1. The molecule has 0 unspecified atom stereocenters. The van der Waals surface area contributed by atoms with E-state index in [0.29, 0.717) is 0 Å². The molecular formula is C23H17N. The maximum atomic E-state index is 2.32. The van der Waals surface area contributed by atoms with Crippen molar-refractivity contribution in [2.75, 3.05) is 11.9 Å². The van der Waals surface area contributed by atoms with Crippen LogP contribution in [0.3, 0.4) is 0 Å². The van der Waals surface area contributed by atoms with Gasteiger partial charge in [0, 0.05) is 29.5 Å². The normalized spacial score (nSPS) is 12.3. The highest BCUT2D eigenvalue weighted by Gasteiger charge is 2.23. The van der Waals surface area contributed by atoms with E-state index in [2.05, 4.69) is 96.9 Å². The highest BCUT2D eigenvalue weighted by atomic mass is 15.1. The molecule has 0 spiro atoms. The molecular weight excluding hydrogens is 290 g/mol. The lowest BCUT2D eigenvalue weighted by Crippen LogP contribution is -2.10. The van der Waals surface area contributed by atoms with Crippen molar-refractivity contribution in [3.63, 3.8) is 0 Å². The lowest BCUT2D eigenvalue weighted by atomic mass is 9.91. The zero-order valence-corrected chi connectivity index (χ0v) is 13.5. The minimum Gasteiger partial charge on any atom is -0.344 e. The second-order valence-electron chi connectivity index (χ2n) is 6.30. The summed E-state index contributed by atoms with van der Waals surface area (Å²) in [5, 5.41) is 2.59. The van der Waals surface area contributed by atoms with E-state index in [-0.39, 0.29) is 0 Å². The Balaban J connectivity index is 2.00. The predicted molar refractivity (Wildman–Crippen MR) is 103 cm³/mol. The van der Waals surface area contributed by atoms with Crippen molar-refractivity contribution in [2.45, 2.75) is 0 Å². The van der Waals surface area contributed by atoms with Gasteiger partial charge in [-0.3, -0.25) is 0 Å². The van der Waals surface area contributed by atoms with Gasteiger partial charge in [0.25, 0.3) is 0 Å². The fraction of sp³-hybridized carbons (Fsp3) is 0.0435. The summed E-state index contributed by atoms with van der Waals surface area (Å²) in [4.78, 5) is 2.32. The number of hydrogen-bond donors (Lipinski definition) is 0. The van der Waals surface area contributed by atoms with Gasteiger partial charge in [0.2, 0.25) is 0 Å². The van der Waals surface area contributed by atoms with Gasteiger partial charge >= 0.3 is 0 Å². The van der Waals surface area contributed by atoms with Crippen LogP contribution in [-0.4, -0.2) is 7.05 Å². The smallest absolute Gasteiger partial charge is 0.0494 e. The minimum atomic E-state index is 1.25. The summed E-state index contributed by atoms with van der Waals surface area (Å²) in [6, 6.07) is 30.5. The van der Waals surface area contributed by atoms with Crippen molar-refractivity contribution in [1.29, 1.82) is 0 Å². The van der Waals surface area contributed by atoms with Crippen LogP contribution in [-0.2, 0) is 0 Å². The fourth-order valence-electron chi connectivity index (χ4n) is 3.88. The first-order valence-electron chi connectivity index (χ1n) is 8.29. The number of nitrogens with zero attached hydrogens (tertiary/aromatic N) is 1. The Morgan fingerprint density at radius 3 is 2.08 bits per heavy atom. The molecule has 4 aromatic rings. The molecule has 1 heteroatoms. The number of hydrogen-bond acceptors (Lipinski definition) is 1. The largest absolute Gasteiger partial charge is 0.344 e. The number of rotatable bonds is 0. The van der Waals surface area contributed by atoms with Gasteiger partial charge in [-0.1, -0.05) is 72.8 Å². The van der Waals surface area contributed by atoms with E-state index < -0.39 is 0 Å². The van der Waals surface area contributed by atoms with Gasteiger partial charge in [0.05, 0.1) is 0 Å². The van der Waals surface area contributed by atoms with Crippen molar-refractivity contribution < 1.29 is 0 Å². The van der Waals surface area contributed by atoms with E-state index >= 15 is 0 Å².